The first-order chi connectivity index (χ1) is 21.0. The zero-order valence-corrected chi connectivity index (χ0v) is 25.7. The number of hydrogen-bond donors (Lipinski definition) is 1. The number of rotatable bonds is 14. The van der Waals surface area contributed by atoms with Crippen LogP contribution in [0, 0.1) is 0 Å². The summed E-state index contributed by atoms with van der Waals surface area (Å²) >= 11 is 0. The maximum Gasteiger partial charge on any atom is 0.305 e. The molecule has 43 heavy (non-hydrogen) atoms. The molecular formula is C36H44N2O5. The first-order valence-corrected chi connectivity index (χ1v) is 15.2. The fourth-order valence-electron chi connectivity index (χ4n) is 4.95. The molecule has 4 rings (SSSR count). The molecular weight excluding hydrogens is 540 g/mol. The van der Waals surface area contributed by atoms with Crippen LogP contribution in [0.15, 0.2) is 78.9 Å². The Bertz CT molecular complexity index is 1410. The number of hydrogen-bond acceptors (Lipinski definition) is 5. The van der Waals surface area contributed by atoms with Crippen LogP contribution in [0.2, 0.25) is 0 Å². The van der Waals surface area contributed by atoms with Crippen LogP contribution in [0.5, 0.6) is 5.75 Å². The number of nitrogens with zero attached hydrogens (tertiary/aromatic N) is 1. The minimum atomic E-state index is -1.21. The third kappa shape index (κ3) is 9.18. The monoisotopic (exact) mass is 585 g/mol. The van der Waals surface area contributed by atoms with Gasteiger partial charge in [0.2, 0.25) is 5.91 Å². The van der Waals surface area contributed by atoms with Crippen LogP contribution in [0.3, 0.4) is 0 Å². The molecule has 0 aliphatic heterocycles. The fraction of sp³-hybridized carbons (Fsp3) is 0.417. The highest BCUT2D eigenvalue weighted by Gasteiger charge is 2.43. The van der Waals surface area contributed by atoms with Gasteiger partial charge < -0.3 is 19.7 Å². The molecule has 0 aromatic heterocycles. The van der Waals surface area contributed by atoms with E-state index in [9.17, 15) is 14.4 Å². The summed E-state index contributed by atoms with van der Waals surface area (Å²) in [5, 5.41) is 3.05. The molecule has 1 fully saturated rings. The first-order valence-electron chi connectivity index (χ1n) is 15.7. The number of ether oxygens (including phenoxy) is 2. The number of unbranched alkanes of at least 4 members (excludes halogenated alkanes) is 2. The molecule has 3 aromatic carbocycles. The topological polar surface area (TPSA) is 84.9 Å². The molecule has 0 bridgehead atoms. The second kappa shape index (κ2) is 14.9. The molecule has 3 aromatic rings. The van der Waals surface area contributed by atoms with E-state index in [-0.39, 0.29) is 17.8 Å². The van der Waals surface area contributed by atoms with Gasteiger partial charge in [-0.1, -0.05) is 60.7 Å². The molecule has 0 heterocycles. The molecule has 228 valence electrons. The quantitative estimate of drug-likeness (QED) is 0.161. The number of benzene rings is 3. The Labute approximate surface area is 257 Å². The maximum absolute atomic E-state index is 14.3. The van der Waals surface area contributed by atoms with Crippen molar-refractivity contribution in [2.24, 2.45) is 0 Å². The van der Waals surface area contributed by atoms with Crippen molar-refractivity contribution in [3.8, 4) is 16.9 Å². The van der Waals surface area contributed by atoms with Crippen LogP contribution < -0.4 is 10.1 Å². The van der Waals surface area contributed by atoms with Crippen LogP contribution in [-0.4, -0.2) is 47.5 Å². The van der Waals surface area contributed by atoms with Crippen molar-refractivity contribution < 1.29 is 25.2 Å². The average Bonchev–Trinajstić information content (AvgIpc) is 3.75. The Morgan fingerprint density at radius 2 is 1.56 bits per heavy atom. The Hall–Kier alpha value is -4.13. The largest absolute Gasteiger partial charge is 0.493 e. The van der Waals surface area contributed by atoms with Crippen molar-refractivity contribution in [3.05, 3.63) is 90.0 Å². The second-order valence-corrected chi connectivity index (χ2v) is 11.8. The molecule has 1 aliphatic rings. The van der Waals surface area contributed by atoms with Gasteiger partial charge in [0.15, 0.2) is 0 Å². The molecule has 0 radical (unpaired) electrons. The Morgan fingerprint density at radius 3 is 2.21 bits per heavy atom. The van der Waals surface area contributed by atoms with Crippen molar-refractivity contribution in [2.75, 3.05) is 13.2 Å². The zero-order chi connectivity index (χ0) is 31.7. The van der Waals surface area contributed by atoms with Crippen LogP contribution in [-0.2, 0) is 14.3 Å². The van der Waals surface area contributed by atoms with Crippen LogP contribution in [0.4, 0.5) is 0 Å². The van der Waals surface area contributed by atoms with Gasteiger partial charge in [-0.15, -0.1) is 0 Å². The van der Waals surface area contributed by atoms with Crippen molar-refractivity contribution in [1.29, 1.82) is 0 Å². The van der Waals surface area contributed by atoms with E-state index in [0.29, 0.717) is 62.2 Å². The molecule has 2 amide bonds. The van der Waals surface area contributed by atoms with Crippen LogP contribution in [0.1, 0.15) is 89.6 Å². The summed E-state index contributed by atoms with van der Waals surface area (Å²) in [5.41, 5.74) is 2.40. The molecule has 1 N–H and O–H groups in total. The number of amides is 2. The van der Waals surface area contributed by atoms with E-state index in [1.54, 1.807) is 31.2 Å². The van der Waals surface area contributed by atoms with Gasteiger partial charge in [-0.3, -0.25) is 14.4 Å². The molecule has 7 nitrogen and oxygen atoms in total. The van der Waals surface area contributed by atoms with Gasteiger partial charge in [0, 0.05) is 29.1 Å². The lowest BCUT2D eigenvalue weighted by molar-refractivity contribution is -0.143. The Morgan fingerprint density at radius 1 is 0.907 bits per heavy atom. The lowest BCUT2D eigenvalue weighted by Crippen LogP contribution is -2.50. The van der Waals surface area contributed by atoms with E-state index >= 15 is 0 Å². The van der Waals surface area contributed by atoms with E-state index in [0.717, 1.165) is 17.5 Å². The maximum atomic E-state index is 14.3. The summed E-state index contributed by atoms with van der Waals surface area (Å²) in [7, 11) is 0. The Kier molecular flexibility index (Phi) is 10.5. The number of nitrogens with one attached hydrogen (secondary N) is 1. The van der Waals surface area contributed by atoms with E-state index in [4.69, 9.17) is 10.8 Å². The fourth-order valence-corrected chi connectivity index (χ4v) is 4.95. The molecule has 1 saturated carbocycles. The highest BCUT2D eigenvalue weighted by Crippen LogP contribution is 2.39. The molecule has 0 spiro atoms. The number of carbonyl (C=O) groups excluding carboxylic acids is 3. The summed E-state index contributed by atoms with van der Waals surface area (Å²) in [6, 6.07) is 22.2. The van der Waals surface area contributed by atoms with Crippen molar-refractivity contribution in [1.82, 2.24) is 10.2 Å². The van der Waals surface area contributed by atoms with Crippen LogP contribution in [0.25, 0.3) is 11.1 Å². The lowest BCUT2D eigenvalue weighted by atomic mass is 9.98. The van der Waals surface area contributed by atoms with E-state index in [1.807, 2.05) is 75.4 Å². The van der Waals surface area contributed by atoms with Crippen LogP contribution >= 0.6 is 0 Å². The van der Waals surface area contributed by atoms with Crippen molar-refractivity contribution in [3.63, 3.8) is 0 Å². The van der Waals surface area contributed by atoms with Gasteiger partial charge in [-0.2, -0.15) is 0 Å². The summed E-state index contributed by atoms with van der Waals surface area (Å²) in [6.45, 7) is 8.23. The predicted molar refractivity (Wildman–Crippen MR) is 169 cm³/mol. The lowest BCUT2D eigenvalue weighted by Gasteiger charge is -2.34. The third-order valence-electron chi connectivity index (χ3n) is 7.08. The van der Waals surface area contributed by atoms with Gasteiger partial charge >= 0.3 is 5.97 Å². The summed E-state index contributed by atoms with van der Waals surface area (Å²) in [5.74, 6) is -0.445. The average molecular weight is 586 g/mol. The Balaban J connectivity index is 1.61. The zero-order valence-electron chi connectivity index (χ0n) is 26.7. The highest BCUT2D eigenvalue weighted by molar-refractivity contribution is 5.99. The van der Waals surface area contributed by atoms with Gasteiger partial charge in [-0.05, 0) is 89.1 Å². The minimum absolute atomic E-state index is 0.199. The van der Waals surface area contributed by atoms with E-state index < -0.39 is 17.6 Å². The van der Waals surface area contributed by atoms with E-state index in [1.165, 1.54) is 4.90 Å². The van der Waals surface area contributed by atoms with Gasteiger partial charge in [0.1, 0.15) is 11.8 Å². The van der Waals surface area contributed by atoms with Gasteiger partial charge in [0.25, 0.3) is 5.91 Å². The number of esters is 1. The predicted octanol–water partition coefficient (Wildman–Crippen LogP) is 7.12. The van der Waals surface area contributed by atoms with E-state index in [2.05, 4.69) is 5.32 Å². The van der Waals surface area contributed by atoms with Gasteiger partial charge in [-0.25, -0.2) is 0 Å². The van der Waals surface area contributed by atoms with Crippen molar-refractivity contribution in [2.45, 2.75) is 83.8 Å². The number of carbonyl (C=O) groups is 3. The minimum Gasteiger partial charge on any atom is -0.493 e. The molecule has 0 saturated heterocycles. The molecule has 1 unspecified atom stereocenters. The normalized spacial score (nSPS) is 14.7. The van der Waals surface area contributed by atoms with Crippen molar-refractivity contribution >= 4 is 17.8 Å². The first kappa shape index (κ1) is 30.3. The second-order valence-electron chi connectivity index (χ2n) is 11.8. The molecule has 1 aliphatic carbocycles. The van der Waals surface area contributed by atoms with Gasteiger partial charge in [0.05, 0.1) is 14.6 Å². The smallest absolute Gasteiger partial charge is 0.305 e. The molecule has 1 atom stereocenters. The standard InChI is InChI=1S/C36H44N2O5/c1-5-42-32(39)18-10-7-13-25-43-31-17-12-11-16-30(31)33(34(40)37-36(2,3)4)38(29-23-24-29)35(41)28-21-19-27(20-22-28)26-14-8-6-9-15-26/h6,8-9,11-12,14-17,19-22,29,33H,5,7,10,13,18,23-25H2,1-4H3,(H,37,40)/i29D. The SMILES string of the molecule is [2H]C1(N(C(=O)c2ccc(-c3ccccc3)cc2)C(C(=O)NC(C)(C)C)c2ccccc2OCCCCCC(=O)OCC)CC1. The summed E-state index contributed by atoms with van der Waals surface area (Å²) in [4.78, 5) is 41.4. The number of para-hydroxylation sites is 1. The summed E-state index contributed by atoms with van der Waals surface area (Å²) < 4.78 is 20.3. The highest BCUT2D eigenvalue weighted by atomic mass is 16.5. The molecule has 7 heteroatoms. The summed E-state index contributed by atoms with van der Waals surface area (Å²) in [6.07, 6.45) is 3.52. The third-order valence-corrected chi connectivity index (χ3v) is 7.08.